The topological polar surface area (TPSA) is 36.3 Å². The molecule has 0 radical (unpaired) electrons. The number of ether oxygens (including phenoxy) is 2. The Morgan fingerprint density at radius 3 is 3.00 bits per heavy atom. The first-order valence-corrected chi connectivity index (χ1v) is 7.05. The van der Waals surface area contributed by atoms with Gasteiger partial charge in [0.1, 0.15) is 6.10 Å². The number of hydrogen-bond acceptors (Lipinski definition) is 3. The molecule has 0 N–H and O–H groups in total. The van der Waals surface area contributed by atoms with E-state index in [0.717, 1.165) is 5.56 Å². The lowest BCUT2D eigenvalue weighted by atomic mass is 10.1. The van der Waals surface area contributed by atoms with Crippen LogP contribution in [0, 0.1) is 0 Å². The first-order chi connectivity index (χ1) is 9.57. The fraction of sp³-hybridized carbons (Fsp3) is 0.357. The highest BCUT2D eigenvalue weighted by atomic mass is 35.5. The summed E-state index contributed by atoms with van der Waals surface area (Å²) in [6.45, 7) is 3.07. The average molecular weight is 313 g/mol. The second-order valence-electron chi connectivity index (χ2n) is 4.88. The molecule has 1 aliphatic rings. The molecule has 20 heavy (non-hydrogen) atoms. The van der Waals surface area contributed by atoms with Crippen molar-refractivity contribution < 1.29 is 9.47 Å². The average Bonchev–Trinajstić information content (AvgIpc) is 3.00. The van der Waals surface area contributed by atoms with Crippen molar-refractivity contribution in [2.24, 2.45) is 0 Å². The Bertz CT molecular complexity index is 603. The van der Waals surface area contributed by atoms with Gasteiger partial charge < -0.3 is 14.0 Å². The van der Waals surface area contributed by atoms with Gasteiger partial charge in [-0.3, -0.25) is 0 Å². The largest absolute Gasteiger partial charge is 0.343 e. The predicted octanol–water partition coefficient (Wildman–Crippen LogP) is 3.48. The molecule has 2 heterocycles. The molecule has 0 aliphatic carbocycles. The minimum atomic E-state index is -0.840. The Kier molecular flexibility index (Phi) is 3.73. The lowest BCUT2D eigenvalue weighted by Crippen LogP contribution is -2.25. The summed E-state index contributed by atoms with van der Waals surface area (Å²) in [6, 6.07) is 5.31. The second kappa shape index (κ2) is 5.37. The third kappa shape index (κ3) is 2.69. The summed E-state index contributed by atoms with van der Waals surface area (Å²) in [5, 5.41) is 1.14. The van der Waals surface area contributed by atoms with Gasteiger partial charge in [0.05, 0.1) is 24.5 Å². The maximum Gasteiger partial charge on any atom is 0.193 e. The van der Waals surface area contributed by atoms with Crippen molar-refractivity contribution >= 4 is 23.2 Å². The van der Waals surface area contributed by atoms with Gasteiger partial charge in [-0.25, -0.2) is 4.98 Å². The van der Waals surface area contributed by atoms with Crippen LogP contribution >= 0.6 is 23.2 Å². The van der Waals surface area contributed by atoms with Gasteiger partial charge in [-0.1, -0.05) is 29.3 Å². The molecule has 0 saturated carbocycles. The summed E-state index contributed by atoms with van der Waals surface area (Å²) in [6.07, 6.45) is 5.36. The van der Waals surface area contributed by atoms with Crippen LogP contribution in [0.4, 0.5) is 0 Å². The molecule has 1 fully saturated rings. The van der Waals surface area contributed by atoms with E-state index in [1.807, 2.05) is 23.8 Å². The van der Waals surface area contributed by atoms with E-state index in [1.165, 1.54) is 0 Å². The quantitative estimate of drug-likeness (QED) is 0.870. The number of halogens is 2. The highest BCUT2D eigenvalue weighted by Crippen LogP contribution is 2.38. The van der Waals surface area contributed by atoms with Crippen LogP contribution in [0.1, 0.15) is 12.5 Å². The number of aromatic nitrogens is 2. The van der Waals surface area contributed by atoms with Crippen molar-refractivity contribution in [2.75, 3.05) is 6.61 Å². The molecule has 0 amide bonds. The molecular weight excluding hydrogens is 299 g/mol. The Labute approximate surface area is 127 Å². The third-order valence-electron chi connectivity index (χ3n) is 3.33. The Morgan fingerprint density at radius 1 is 1.45 bits per heavy atom. The van der Waals surface area contributed by atoms with Crippen LogP contribution in [0.15, 0.2) is 36.9 Å². The fourth-order valence-corrected chi connectivity index (χ4v) is 2.94. The molecule has 0 unspecified atom stereocenters. The van der Waals surface area contributed by atoms with Crippen LogP contribution < -0.4 is 0 Å². The second-order valence-corrected chi connectivity index (χ2v) is 5.72. The summed E-state index contributed by atoms with van der Waals surface area (Å²) in [5.74, 6) is -0.840. The number of nitrogens with zero attached hydrogens (tertiary/aromatic N) is 2. The molecular formula is C14H14Cl2N2O2. The van der Waals surface area contributed by atoms with Gasteiger partial charge in [0, 0.05) is 23.0 Å². The third-order valence-corrected chi connectivity index (χ3v) is 3.88. The van der Waals surface area contributed by atoms with Gasteiger partial charge >= 0.3 is 0 Å². The van der Waals surface area contributed by atoms with Crippen molar-refractivity contribution in [3.63, 3.8) is 0 Å². The van der Waals surface area contributed by atoms with Crippen molar-refractivity contribution in [3.8, 4) is 0 Å². The van der Waals surface area contributed by atoms with Crippen LogP contribution in [-0.4, -0.2) is 22.3 Å². The van der Waals surface area contributed by atoms with Gasteiger partial charge in [0.15, 0.2) is 5.79 Å². The van der Waals surface area contributed by atoms with Crippen molar-refractivity contribution in [1.29, 1.82) is 0 Å². The number of rotatable bonds is 3. The van der Waals surface area contributed by atoms with Gasteiger partial charge in [0.25, 0.3) is 0 Å². The molecule has 106 valence electrons. The van der Waals surface area contributed by atoms with E-state index in [-0.39, 0.29) is 6.10 Å². The van der Waals surface area contributed by atoms with E-state index in [0.29, 0.717) is 23.2 Å². The fourth-order valence-electron chi connectivity index (χ4n) is 2.36. The highest BCUT2D eigenvalue weighted by molar-refractivity contribution is 6.35. The van der Waals surface area contributed by atoms with E-state index in [9.17, 15) is 0 Å². The molecule has 2 aromatic rings. The monoisotopic (exact) mass is 312 g/mol. The van der Waals surface area contributed by atoms with Gasteiger partial charge in [-0.2, -0.15) is 0 Å². The molecule has 3 rings (SSSR count). The van der Waals surface area contributed by atoms with Gasteiger partial charge in [-0.15, -0.1) is 0 Å². The van der Waals surface area contributed by atoms with E-state index < -0.39 is 5.79 Å². The van der Waals surface area contributed by atoms with E-state index in [1.54, 1.807) is 24.7 Å². The molecule has 1 saturated heterocycles. The minimum Gasteiger partial charge on any atom is -0.343 e. The van der Waals surface area contributed by atoms with Crippen LogP contribution in [-0.2, 0) is 21.8 Å². The maximum absolute atomic E-state index is 6.23. The van der Waals surface area contributed by atoms with Crippen molar-refractivity contribution in [1.82, 2.24) is 9.55 Å². The van der Waals surface area contributed by atoms with Crippen molar-refractivity contribution in [3.05, 3.63) is 52.5 Å². The smallest absolute Gasteiger partial charge is 0.193 e. The van der Waals surface area contributed by atoms with Crippen LogP contribution in [0.3, 0.4) is 0 Å². The zero-order valence-electron chi connectivity index (χ0n) is 10.9. The Hall–Kier alpha value is -1.07. The molecule has 0 bridgehead atoms. The van der Waals surface area contributed by atoms with E-state index >= 15 is 0 Å². The zero-order chi connectivity index (χ0) is 14.2. The lowest BCUT2D eigenvalue weighted by molar-refractivity contribution is -0.162. The first kappa shape index (κ1) is 13.9. The maximum atomic E-state index is 6.23. The Morgan fingerprint density at radius 2 is 2.30 bits per heavy atom. The van der Waals surface area contributed by atoms with Crippen LogP contribution in [0.5, 0.6) is 0 Å². The number of benzene rings is 1. The number of imidazole rings is 1. The number of hydrogen-bond donors (Lipinski definition) is 0. The Balaban J connectivity index is 1.77. The molecule has 0 spiro atoms. The highest BCUT2D eigenvalue weighted by Gasteiger charge is 2.40. The molecule has 2 atom stereocenters. The van der Waals surface area contributed by atoms with Gasteiger partial charge in [0.2, 0.25) is 0 Å². The van der Waals surface area contributed by atoms with E-state index in [2.05, 4.69) is 4.98 Å². The summed E-state index contributed by atoms with van der Waals surface area (Å²) in [5.41, 5.74) is 0.789. The first-order valence-electron chi connectivity index (χ1n) is 6.30. The standard InChI is InChI=1S/C14H14Cl2N2O2/c1-14(12-3-2-10(15)6-13(12)16)19-8-11(20-14)7-18-5-4-17-9-18/h2-6,9,11H,7-8H2,1H3/t11-,14-/m0/s1. The molecule has 1 aromatic heterocycles. The summed E-state index contributed by atoms with van der Waals surface area (Å²) < 4.78 is 13.8. The van der Waals surface area contributed by atoms with Crippen LogP contribution in [0.2, 0.25) is 10.0 Å². The normalized spacial score (nSPS) is 26.1. The van der Waals surface area contributed by atoms with E-state index in [4.69, 9.17) is 32.7 Å². The lowest BCUT2D eigenvalue weighted by Gasteiger charge is -2.25. The summed E-state index contributed by atoms with van der Waals surface area (Å²) in [4.78, 5) is 4.01. The molecule has 6 heteroatoms. The minimum absolute atomic E-state index is 0.0408. The van der Waals surface area contributed by atoms with Gasteiger partial charge in [-0.05, 0) is 19.1 Å². The van der Waals surface area contributed by atoms with Crippen molar-refractivity contribution in [2.45, 2.75) is 25.4 Å². The molecule has 4 nitrogen and oxygen atoms in total. The summed E-state index contributed by atoms with van der Waals surface area (Å²) >= 11 is 12.1. The predicted molar refractivity (Wildman–Crippen MR) is 76.9 cm³/mol. The molecule has 1 aliphatic heterocycles. The van der Waals surface area contributed by atoms with Crippen LogP contribution in [0.25, 0.3) is 0 Å². The zero-order valence-corrected chi connectivity index (χ0v) is 12.4. The molecule has 1 aromatic carbocycles. The SMILES string of the molecule is C[C@]1(c2ccc(Cl)cc2Cl)OC[C@H](Cn2ccnc2)O1. The summed E-state index contributed by atoms with van der Waals surface area (Å²) in [7, 11) is 0.